The summed E-state index contributed by atoms with van der Waals surface area (Å²) in [6.45, 7) is 6.94. The fourth-order valence-electron chi connectivity index (χ4n) is 2.30. The van der Waals surface area contributed by atoms with Gasteiger partial charge in [-0.05, 0) is 20.3 Å². The van der Waals surface area contributed by atoms with Crippen LogP contribution in [0.5, 0.6) is 0 Å². The van der Waals surface area contributed by atoms with Crippen molar-refractivity contribution in [3.63, 3.8) is 0 Å². The molecule has 0 aromatic carbocycles. The molecule has 0 radical (unpaired) electrons. The van der Waals surface area contributed by atoms with E-state index in [9.17, 15) is 4.79 Å². The number of carbonyl (C=O) groups is 1. The Bertz CT molecular complexity index is 649. The third-order valence-electron chi connectivity index (χ3n) is 3.34. The summed E-state index contributed by atoms with van der Waals surface area (Å²) in [5.74, 6) is 0.376. The number of fused-ring (bicyclic) bond motifs is 1. The lowest BCUT2D eigenvalue weighted by molar-refractivity contribution is 0.0527. The van der Waals surface area contributed by atoms with Crippen LogP contribution in [-0.4, -0.2) is 33.7 Å². The normalized spacial score (nSPS) is 10.9. The SMILES string of the molecule is CCCCNc1nc(C)c(C(=O)OCC)c2c1ncn2C. The minimum Gasteiger partial charge on any atom is -0.462 e. The molecule has 2 heterocycles. The number of pyridine rings is 1. The second kappa shape index (κ2) is 6.56. The minimum absolute atomic E-state index is 0.341. The molecule has 2 rings (SSSR count). The van der Waals surface area contributed by atoms with Crippen LogP contribution >= 0.6 is 0 Å². The number of ether oxygens (including phenoxy) is 1. The Kier molecular flexibility index (Phi) is 4.77. The molecule has 6 heteroatoms. The molecule has 0 atom stereocenters. The first kappa shape index (κ1) is 15.3. The van der Waals surface area contributed by atoms with Crippen molar-refractivity contribution in [2.24, 2.45) is 7.05 Å². The van der Waals surface area contributed by atoms with Gasteiger partial charge in [0.2, 0.25) is 0 Å². The summed E-state index contributed by atoms with van der Waals surface area (Å²) in [4.78, 5) is 21.1. The quantitative estimate of drug-likeness (QED) is 0.654. The number of nitrogens with zero attached hydrogens (tertiary/aromatic N) is 3. The standard InChI is InChI=1S/C15H22N4O2/c1-5-7-8-16-14-12-13(19(4)9-17-12)11(10(3)18-14)15(20)21-6-2/h9H,5-8H2,1-4H3,(H,16,18). The molecule has 0 saturated carbocycles. The molecule has 0 aliphatic carbocycles. The molecule has 0 amide bonds. The van der Waals surface area contributed by atoms with Crippen LogP contribution in [0, 0.1) is 6.92 Å². The van der Waals surface area contributed by atoms with Crippen LogP contribution in [0.2, 0.25) is 0 Å². The Morgan fingerprint density at radius 2 is 2.19 bits per heavy atom. The summed E-state index contributed by atoms with van der Waals surface area (Å²) in [7, 11) is 1.87. The van der Waals surface area contributed by atoms with E-state index in [1.165, 1.54) is 0 Å². The van der Waals surface area contributed by atoms with Crippen LogP contribution in [0.3, 0.4) is 0 Å². The van der Waals surface area contributed by atoms with Crippen molar-refractivity contribution in [1.29, 1.82) is 0 Å². The van der Waals surface area contributed by atoms with Crippen LogP contribution in [0.25, 0.3) is 11.0 Å². The fourth-order valence-corrected chi connectivity index (χ4v) is 2.30. The largest absolute Gasteiger partial charge is 0.462 e. The molecule has 2 aromatic heterocycles. The molecule has 0 unspecified atom stereocenters. The zero-order valence-electron chi connectivity index (χ0n) is 13.1. The topological polar surface area (TPSA) is 69.0 Å². The first-order valence-electron chi connectivity index (χ1n) is 7.32. The highest BCUT2D eigenvalue weighted by Crippen LogP contribution is 2.26. The molecular formula is C15H22N4O2. The maximum absolute atomic E-state index is 12.2. The highest BCUT2D eigenvalue weighted by molar-refractivity contribution is 6.05. The summed E-state index contributed by atoms with van der Waals surface area (Å²) in [5.41, 5.74) is 2.62. The average Bonchev–Trinajstić information content (AvgIpc) is 2.82. The van der Waals surface area contributed by atoms with Crippen molar-refractivity contribution in [3.8, 4) is 0 Å². The van der Waals surface area contributed by atoms with Gasteiger partial charge in [-0.25, -0.2) is 14.8 Å². The molecule has 0 fully saturated rings. The van der Waals surface area contributed by atoms with E-state index in [4.69, 9.17) is 4.74 Å². The first-order chi connectivity index (χ1) is 10.1. The maximum Gasteiger partial charge on any atom is 0.342 e. The van der Waals surface area contributed by atoms with Gasteiger partial charge in [0.1, 0.15) is 11.1 Å². The number of nitrogens with one attached hydrogen (secondary N) is 1. The second-order valence-electron chi connectivity index (χ2n) is 4.97. The van der Waals surface area contributed by atoms with Crippen LogP contribution in [0.4, 0.5) is 5.82 Å². The molecule has 0 aliphatic rings. The minimum atomic E-state index is -0.351. The summed E-state index contributed by atoms with van der Waals surface area (Å²) < 4.78 is 6.97. The van der Waals surface area contributed by atoms with Crippen molar-refractivity contribution in [1.82, 2.24) is 14.5 Å². The van der Waals surface area contributed by atoms with E-state index in [0.717, 1.165) is 30.7 Å². The molecule has 0 bridgehead atoms. The third kappa shape index (κ3) is 2.99. The first-order valence-corrected chi connectivity index (χ1v) is 7.32. The average molecular weight is 290 g/mol. The van der Waals surface area contributed by atoms with Crippen LogP contribution in [0.1, 0.15) is 42.7 Å². The van der Waals surface area contributed by atoms with Crippen molar-refractivity contribution in [3.05, 3.63) is 17.6 Å². The lowest BCUT2D eigenvalue weighted by Gasteiger charge is -2.12. The number of carbonyl (C=O) groups excluding carboxylic acids is 1. The van der Waals surface area contributed by atoms with Gasteiger partial charge in [-0.3, -0.25) is 0 Å². The lowest BCUT2D eigenvalue weighted by Crippen LogP contribution is -2.12. The highest BCUT2D eigenvalue weighted by atomic mass is 16.5. The fraction of sp³-hybridized carbons (Fsp3) is 0.533. The summed E-state index contributed by atoms with van der Waals surface area (Å²) in [5, 5.41) is 3.30. The lowest BCUT2D eigenvalue weighted by atomic mass is 10.1. The van der Waals surface area contributed by atoms with Gasteiger partial charge >= 0.3 is 5.97 Å². The molecule has 114 valence electrons. The number of hydrogen-bond acceptors (Lipinski definition) is 5. The van der Waals surface area contributed by atoms with Gasteiger partial charge in [-0.15, -0.1) is 0 Å². The van der Waals surface area contributed by atoms with Gasteiger partial charge in [-0.1, -0.05) is 13.3 Å². The summed E-state index contributed by atoms with van der Waals surface area (Å²) >= 11 is 0. The second-order valence-corrected chi connectivity index (χ2v) is 4.97. The summed E-state index contributed by atoms with van der Waals surface area (Å²) in [6.07, 6.45) is 3.87. The predicted molar refractivity (Wildman–Crippen MR) is 82.6 cm³/mol. The zero-order valence-corrected chi connectivity index (χ0v) is 13.1. The van der Waals surface area contributed by atoms with Gasteiger partial charge in [0.15, 0.2) is 5.82 Å². The van der Waals surface area contributed by atoms with Crippen molar-refractivity contribution < 1.29 is 9.53 Å². The molecule has 0 saturated heterocycles. The monoisotopic (exact) mass is 290 g/mol. The van der Waals surface area contributed by atoms with Crippen LogP contribution < -0.4 is 5.32 Å². The van der Waals surface area contributed by atoms with E-state index >= 15 is 0 Å². The maximum atomic E-state index is 12.2. The van der Waals surface area contributed by atoms with Crippen molar-refractivity contribution >= 4 is 22.8 Å². The number of aryl methyl sites for hydroxylation is 2. The van der Waals surface area contributed by atoms with Gasteiger partial charge in [-0.2, -0.15) is 0 Å². The molecule has 0 spiro atoms. The Morgan fingerprint density at radius 3 is 2.86 bits per heavy atom. The predicted octanol–water partition coefficient (Wildman–Crippen LogP) is 2.67. The third-order valence-corrected chi connectivity index (χ3v) is 3.34. The van der Waals surface area contributed by atoms with Crippen LogP contribution in [-0.2, 0) is 11.8 Å². The Hall–Kier alpha value is -2.11. The van der Waals surface area contributed by atoms with Crippen molar-refractivity contribution in [2.75, 3.05) is 18.5 Å². The number of rotatable bonds is 6. The molecule has 1 N–H and O–H groups in total. The van der Waals surface area contributed by atoms with E-state index in [1.807, 2.05) is 18.5 Å². The van der Waals surface area contributed by atoms with Gasteiger partial charge in [0, 0.05) is 13.6 Å². The van der Waals surface area contributed by atoms with E-state index in [2.05, 4.69) is 22.2 Å². The molecule has 0 aliphatic heterocycles. The van der Waals surface area contributed by atoms with Gasteiger partial charge in [0.25, 0.3) is 0 Å². The number of esters is 1. The van der Waals surface area contributed by atoms with Gasteiger partial charge < -0.3 is 14.6 Å². The van der Waals surface area contributed by atoms with Crippen molar-refractivity contribution in [2.45, 2.75) is 33.6 Å². The Balaban J connectivity index is 2.51. The van der Waals surface area contributed by atoms with E-state index < -0.39 is 0 Å². The highest BCUT2D eigenvalue weighted by Gasteiger charge is 2.21. The number of imidazole rings is 1. The molecule has 2 aromatic rings. The number of anilines is 1. The number of aromatic nitrogens is 3. The van der Waals surface area contributed by atoms with E-state index in [1.54, 1.807) is 13.3 Å². The van der Waals surface area contributed by atoms with E-state index in [0.29, 0.717) is 23.4 Å². The number of unbranched alkanes of at least 4 members (excludes halogenated alkanes) is 1. The molecular weight excluding hydrogens is 268 g/mol. The van der Waals surface area contributed by atoms with Crippen LogP contribution in [0.15, 0.2) is 6.33 Å². The zero-order chi connectivity index (χ0) is 15.4. The molecule has 6 nitrogen and oxygen atoms in total. The van der Waals surface area contributed by atoms with Gasteiger partial charge in [0.05, 0.1) is 24.1 Å². The Labute approximate surface area is 124 Å². The number of hydrogen-bond donors (Lipinski definition) is 1. The summed E-state index contributed by atoms with van der Waals surface area (Å²) in [6, 6.07) is 0. The Morgan fingerprint density at radius 1 is 1.43 bits per heavy atom. The molecule has 21 heavy (non-hydrogen) atoms. The smallest absolute Gasteiger partial charge is 0.342 e. The van der Waals surface area contributed by atoms with E-state index in [-0.39, 0.29) is 5.97 Å².